The molecule has 2 aromatic rings. The van der Waals surface area contributed by atoms with Crippen LogP contribution in [0.2, 0.25) is 0 Å². The molecule has 1 aromatic heterocycles. The number of nitrogens with zero attached hydrogens (tertiary/aromatic N) is 4. The first-order valence-electron chi connectivity index (χ1n) is 8.27. The van der Waals surface area contributed by atoms with E-state index in [1.807, 2.05) is 11.8 Å². The Hall–Kier alpha value is -2.80. The minimum atomic E-state index is -0.253. The van der Waals surface area contributed by atoms with Crippen LogP contribution >= 0.6 is 0 Å². The Morgan fingerprint density at radius 1 is 1.00 bits per heavy atom. The highest BCUT2D eigenvalue weighted by molar-refractivity contribution is 6.21. The number of benzene rings is 1. The molecule has 7 nitrogen and oxygen atoms in total. The highest BCUT2D eigenvalue weighted by atomic mass is 16.5. The molecule has 0 unspecified atom stereocenters. The summed E-state index contributed by atoms with van der Waals surface area (Å²) >= 11 is 0. The van der Waals surface area contributed by atoms with E-state index in [1.165, 1.54) is 4.90 Å². The maximum absolute atomic E-state index is 12.2. The van der Waals surface area contributed by atoms with Gasteiger partial charge >= 0.3 is 0 Å². The molecule has 0 N–H and O–H groups in total. The van der Waals surface area contributed by atoms with Crippen LogP contribution in [0, 0.1) is 0 Å². The molecule has 1 aliphatic heterocycles. The predicted molar refractivity (Wildman–Crippen MR) is 92.5 cm³/mol. The second-order valence-electron chi connectivity index (χ2n) is 5.55. The largest absolute Gasteiger partial charge is 0.378 e. The molecule has 7 heteroatoms. The van der Waals surface area contributed by atoms with Gasteiger partial charge in [0.25, 0.3) is 11.8 Å². The SMILES string of the molecule is CCN(CCOCCN1C(=O)c2ccccc2C1=O)c1ncccn1. The number of anilines is 1. The van der Waals surface area contributed by atoms with E-state index in [9.17, 15) is 9.59 Å². The lowest BCUT2D eigenvalue weighted by Crippen LogP contribution is -2.34. The Morgan fingerprint density at radius 3 is 2.24 bits per heavy atom. The number of carbonyl (C=O) groups excluding carboxylic acids is 2. The molecule has 1 aliphatic rings. The molecule has 1 aromatic carbocycles. The number of aromatic nitrogens is 2. The second kappa shape index (κ2) is 7.85. The molecule has 0 bridgehead atoms. The number of rotatable bonds is 8. The topological polar surface area (TPSA) is 75.6 Å². The Balaban J connectivity index is 1.45. The van der Waals surface area contributed by atoms with Crippen LogP contribution in [0.25, 0.3) is 0 Å². The molecule has 0 fully saturated rings. The van der Waals surface area contributed by atoms with Crippen molar-refractivity contribution in [3.05, 3.63) is 53.9 Å². The molecule has 0 saturated heterocycles. The van der Waals surface area contributed by atoms with Crippen LogP contribution in [0.5, 0.6) is 0 Å². The highest BCUT2D eigenvalue weighted by Crippen LogP contribution is 2.21. The third-order valence-corrected chi connectivity index (χ3v) is 4.06. The average Bonchev–Trinajstić information content (AvgIpc) is 2.90. The molecular weight excluding hydrogens is 320 g/mol. The number of imide groups is 1. The summed E-state index contributed by atoms with van der Waals surface area (Å²) in [5.41, 5.74) is 0.928. The van der Waals surface area contributed by atoms with Crippen molar-refractivity contribution in [2.45, 2.75) is 6.92 Å². The minimum absolute atomic E-state index is 0.250. The summed E-state index contributed by atoms with van der Waals surface area (Å²) in [5.74, 6) is 0.156. The number of ether oxygens (including phenoxy) is 1. The number of carbonyl (C=O) groups is 2. The third kappa shape index (κ3) is 3.66. The zero-order chi connectivity index (χ0) is 17.6. The van der Waals surface area contributed by atoms with Crippen molar-refractivity contribution >= 4 is 17.8 Å². The van der Waals surface area contributed by atoms with E-state index in [4.69, 9.17) is 4.74 Å². The molecular formula is C18H20N4O3. The lowest BCUT2D eigenvalue weighted by Gasteiger charge is -2.20. The Kier molecular flexibility index (Phi) is 5.35. The number of fused-ring (bicyclic) bond motifs is 1. The van der Waals surface area contributed by atoms with Crippen LogP contribution < -0.4 is 4.90 Å². The molecule has 130 valence electrons. The summed E-state index contributed by atoms with van der Waals surface area (Å²) in [6.07, 6.45) is 3.40. The zero-order valence-corrected chi connectivity index (χ0v) is 14.1. The van der Waals surface area contributed by atoms with Gasteiger partial charge in [-0.3, -0.25) is 14.5 Å². The Bertz CT molecular complexity index is 716. The van der Waals surface area contributed by atoms with Crippen LogP contribution in [0.15, 0.2) is 42.7 Å². The molecule has 0 aliphatic carbocycles. The first-order chi connectivity index (χ1) is 12.2. The molecule has 3 rings (SSSR count). The smallest absolute Gasteiger partial charge is 0.261 e. The van der Waals surface area contributed by atoms with E-state index in [-0.39, 0.29) is 18.4 Å². The van der Waals surface area contributed by atoms with Crippen LogP contribution in [0.3, 0.4) is 0 Å². The van der Waals surface area contributed by atoms with Gasteiger partial charge in [0.05, 0.1) is 30.9 Å². The van der Waals surface area contributed by atoms with E-state index < -0.39 is 0 Å². The van der Waals surface area contributed by atoms with Gasteiger partial charge in [-0.25, -0.2) is 9.97 Å². The lowest BCUT2D eigenvalue weighted by molar-refractivity contribution is 0.0569. The van der Waals surface area contributed by atoms with Gasteiger partial charge in [-0.1, -0.05) is 12.1 Å². The van der Waals surface area contributed by atoms with Crippen LogP contribution in [0.1, 0.15) is 27.6 Å². The second-order valence-corrected chi connectivity index (χ2v) is 5.55. The number of amides is 2. The van der Waals surface area contributed by atoms with Crippen molar-refractivity contribution in [1.29, 1.82) is 0 Å². The monoisotopic (exact) mass is 340 g/mol. The van der Waals surface area contributed by atoms with Crippen LogP contribution in [-0.4, -0.2) is 59.5 Å². The number of hydrogen-bond donors (Lipinski definition) is 0. The van der Waals surface area contributed by atoms with E-state index in [1.54, 1.807) is 42.7 Å². The predicted octanol–water partition coefficient (Wildman–Crippen LogP) is 1.62. The van der Waals surface area contributed by atoms with Crippen molar-refractivity contribution in [2.75, 3.05) is 37.7 Å². The van der Waals surface area contributed by atoms with Crippen molar-refractivity contribution in [2.24, 2.45) is 0 Å². The Morgan fingerprint density at radius 2 is 1.64 bits per heavy atom. The van der Waals surface area contributed by atoms with Crippen molar-refractivity contribution < 1.29 is 14.3 Å². The summed E-state index contributed by atoms with van der Waals surface area (Å²) in [4.78, 5) is 36.1. The summed E-state index contributed by atoms with van der Waals surface area (Å²) in [6.45, 7) is 4.46. The van der Waals surface area contributed by atoms with Gasteiger partial charge in [0, 0.05) is 25.5 Å². The van der Waals surface area contributed by atoms with Gasteiger partial charge in [0.15, 0.2) is 0 Å². The van der Waals surface area contributed by atoms with Crippen molar-refractivity contribution in [1.82, 2.24) is 14.9 Å². The summed E-state index contributed by atoms with van der Waals surface area (Å²) in [6, 6.07) is 8.64. The molecule has 0 atom stereocenters. The quantitative estimate of drug-likeness (QED) is 0.537. The maximum Gasteiger partial charge on any atom is 0.261 e. The molecule has 25 heavy (non-hydrogen) atoms. The molecule has 0 spiro atoms. The minimum Gasteiger partial charge on any atom is -0.378 e. The van der Waals surface area contributed by atoms with E-state index in [2.05, 4.69) is 9.97 Å². The highest BCUT2D eigenvalue weighted by Gasteiger charge is 2.34. The van der Waals surface area contributed by atoms with Crippen molar-refractivity contribution in [3.63, 3.8) is 0 Å². The van der Waals surface area contributed by atoms with Crippen LogP contribution in [0.4, 0.5) is 5.95 Å². The standard InChI is InChI=1S/C18H20N4O3/c1-2-21(18-19-8-5-9-20-18)10-12-25-13-11-22-16(23)14-6-3-4-7-15(14)17(22)24/h3-9H,2,10-13H2,1H3. The number of hydrogen-bond acceptors (Lipinski definition) is 6. The van der Waals surface area contributed by atoms with Crippen LogP contribution in [-0.2, 0) is 4.74 Å². The van der Waals surface area contributed by atoms with Gasteiger partial charge in [-0.2, -0.15) is 0 Å². The molecule has 2 heterocycles. The summed E-state index contributed by atoms with van der Waals surface area (Å²) < 4.78 is 5.60. The summed E-state index contributed by atoms with van der Waals surface area (Å²) in [5, 5.41) is 0. The lowest BCUT2D eigenvalue weighted by atomic mass is 10.1. The zero-order valence-electron chi connectivity index (χ0n) is 14.1. The third-order valence-electron chi connectivity index (χ3n) is 4.06. The van der Waals surface area contributed by atoms with Gasteiger partial charge in [0.2, 0.25) is 5.95 Å². The van der Waals surface area contributed by atoms with E-state index in [0.717, 1.165) is 6.54 Å². The first kappa shape index (κ1) is 17.0. The molecule has 0 saturated carbocycles. The number of likely N-dealkylation sites (N-methyl/N-ethyl adjacent to an activating group) is 1. The average molecular weight is 340 g/mol. The molecule has 0 radical (unpaired) electrons. The first-order valence-corrected chi connectivity index (χ1v) is 8.27. The van der Waals surface area contributed by atoms with Gasteiger partial charge in [-0.15, -0.1) is 0 Å². The normalized spacial score (nSPS) is 13.2. The molecule has 2 amide bonds. The maximum atomic E-state index is 12.2. The fraction of sp³-hybridized carbons (Fsp3) is 0.333. The van der Waals surface area contributed by atoms with Gasteiger partial charge in [0.1, 0.15) is 0 Å². The van der Waals surface area contributed by atoms with Gasteiger partial charge < -0.3 is 9.64 Å². The Labute approximate surface area is 146 Å². The van der Waals surface area contributed by atoms with E-state index >= 15 is 0 Å². The fourth-order valence-electron chi connectivity index (χ4n) is 2.73. The fourth-order valence-corrected chi connectivity index (χ4v) is 2.73. The van der Waals surface area contributed by atoms with Crippen molar-refractivity contribution in [3.8, 4) is 0 Å². The van der Waals surface area contributed by atoms with E-state index in [0.29, 0.717) is 36.8 Å². The van der Waals surface area contributed by atoms with Gasteiger partial charge in [-0.05, 0) is 25.1 Å². The summed E-state index contributed by atoms with van der Waals surface area (Å²) in [7, 11) is 0.